The van der Waals surface area contributed by atoms with E-state index in [-0.39, 0.29) is 36.3 Å². The minimum Gasteiger partial charge on any atom is -0.337 e. The molecule has 4 rings (SSSR count). The number of anilines is 1. The van der Waals surface area contributed by atoms with Gasteiger partial charge in [-0.15, -0.1) is 0 Å². The molecule has 7 nitrogen and oxygen atoms in total. The maximum Gasteiger partial charge on any atom is 0.256 e. The molecule has 9 heteroatoms. The second-order valence-electron chi connectivity index (χ2n) is 7.67. The predicted molar refractivity (Wildman–Crippen MR) is 114 cm³/mol. The van der Waals surface area contributed by atoms with Crippen molar-refractivity contribution in [1.82, 2.24) is 9.21 Å². The summed E-state index contributed by atoms with van der Waals surface area (Å²) in [6, 6.07) is 11.8. The van der Waals surface area contributed by atoms with Crippen LogP contribution >= 0.6 is 0 Å². The molecule has 2 aromatic carbocycles. The van der Waals surface area contributed by atoms with Gasteiger partial charge in [0.15, 0.2) is 0 Å². The van der Waals surface area contributed by atoms with Crippen molar-refractivity contribution in [2.45, 2.75) is 24.2 Å². The molecule has 2 aliphatic rings. The van der Waals surface area contributed by atoms with Crippen molar-refractivity contribution in [3.8, 4) is 0 Å². The number of hydrogen-bond donors (Lipinski definition) is 0. The second-order valence-corrected chi connectivity index (χ2v) is 9.61. The number of nitrogens with zero attached hydrogens (tertiary/aromatic N) is 3. The predicted octanol–water partition coefficient (Wildman–Crippen LogP) is 2.49. The number of halogens is 1. The number of hydrogen-bond acceptors (Lipinski definition) is 4. The van der Waals surface area contributed by atoms with E-state index < -0.39 is 15.8 Å². The summed E-state index contributed by atoms with van der Waals surface area (Å²) in [4.78, 5) is 28.8. The van der Waals surface area contributed by atoms with Crippen molar-refractivity contribution in [2.75, 3.05) is 37.6 Å². The van der Waals surface area contributed by atoms with Gasteiger partial charge in [0.05, 0.1) is 16.1 Å². The molecular weight excluding hydrogens is 421 g/mol. The van der Waals surface area contributed by atoms with Gasteiger partial charge in [-0.2, -0.15) is 4.31 Å². The van der Waals surface area contributed by atoms with Gasteiger partial charge in [-0.3, -0.25) is 9.59 Å². The first-order valence-corrected chi connectivity index (χ1v) is 11.8. The fourth-order valence-corrected chi connectivity index (χ4v) is 5.53. The Balaban J connectivity index is 1.51. The third-order valence-corrected chi connectivity index (χ3v) is 7.61. The summed E-state index contributed by atoms with van der Waals surface area (Å²) in [5.74, 6) is -0.703. The van der Waals surface area contributed by atoms with Crippen LogP contribution in [0.4, 0.5) is 10.1 Å². The molecule has 2 aromatic rings. The second kappa shape index (κ2) is 8.76. The van der Waals surface area contributed by atoms with E-state index in [1.165, 1.54) is 16.4 Å². The van der Waals surface area contributed by atoms with Gasteiger partial charge in [-0.05, 0) is 49.2 Å². The molecule has 164 valence electrons. The number of rotatable bonds is 4. The van der Waals surface area contributed by atoms with Gasteiger partial charge in [0.25, 0.3) is 5.91 Å². The highest BCUT2D eigenvalue weighted by molar-refractivity contribution is 7.89. The standard InChI is InChI=1S/C22H24FN3O4S/c23-17-8-10-18(11-9-17)31(29,30)25-13-4-12-24(15-16-25)22(28)19-5-1-2-6-20(19)26-14-3-7-21(26)27/h1-2,5-6,8-11H,3-4,7,12-16H2. The zero-order valence-electron chi connectivity index (χ0n) is 17.0. The molecule has 0 atom stereocenters. The molecule has 2 amide bonds. The lowest BCUT2D eigenvalue weighted by molar-refractivity contribution is -0.117. The Morgan fingerprint density at radius 1 is 0.871 bits per heavy atom. The Labute approximate surface area is 181 Å². The largest absolute Gasteiger partial charge is 0.337 e. The highest BCUT2D eigenvalue weighted by Crippen LogP contribution is 2.27. The van der Waals surface area contributed by atoms with E-state index in [4.69, 9.17) is 0 Å². The highest BCUT2D eigenvalue weighted by Gasteiger charge is 2.31. The number of benzene rings is 2. The lowest BCUT2D eigenvalue weighted by Gasteiger charge is -2.25. The van der Waals surface area contributed by atoms with Gasteiger partial charge < -0.3 is 9.80 Å². The van der Waals surface area contributed by atoms with E-state index in [1.807, 2.05) is 0 Å². The van der Waals surface area contributed by atoms with Crippen LogP contribution in [0.1, 0.15) is 29.6 Å². The van der Waals surface area contributed by atoms with E-state index in [9.17, 15) is 22.4 Å². The maximum atomic E-state index is 13.3. The average Bonchev–Trinajstić information content (AvgIpc) is 3.04. The topological polar surface area (TPSA) is 78.0 Å². The zero-order chi connectivity index (χ0) is 22.0. The van der Waals surface area contributed by atoms with Crippen LogP contribution < -0.4 is 4.90 Å². The van der Waals surface area contributed by atoms with Crippen LogP contribution in [0.15, 0.2) is 53.4 Å². The van der Waals surface area contributed by atoms with E-state index in [1.54, 1.807) is 34.1 Å². The first-order valence-electron chi connectivity index (χ1n) is 10.3. The Morgan fingerprint density at radius 3 is 2.32 bits per heavy atom. The molecule has 2 fully saturated rings. The summed E-state index contributed by atoms with van der Waals surface area (Å²) in [6.45, 7) is 1.66. The van der Waals surface area contributed by atoms with Gasteiger partial charge in [0.1, 0.15) is 5.82 Å². The fraction of sp³-hybridized carbons (Fsp3) is 0.364. The number of carbonyl (C=O) groups excluding carboxylic acids is 2. The van der Waals surface area contributed by atoms with Gasteiger partial charge in [0, 0.05) is 39.1 Å². The molecule has 0 radical (unpaired) electrons. The summed E-state index contributed by atoms with van der Waals surface area (Å²) < 4.78 is 40.3. The SMILES string of the molecule is O=C(c1ccccc1N1CCCC1=O)N1CCCN(S(=O)(=O)c2ccc(F)cc2)CC1. The Bertz CT molecular complexity index is 1090. The Morgan fingerprint density at radius 2 is 1.61 bits per heavy atom. The number of para-hydroxylation sites is 1. The Kier molecular flexibility index (Phi) is 6.06. The van der Waals surface area contributed by atoms with Crippen LogP contribution in [0.5, 0.6) is 0 Å². The minimum atomic E-state index is -3.77. The van der Waals surface area contributed by atoms with Crippen molar-refractivity contribution in [3.05, 3.63) is 59.9 Å². The summed E-state index contributed by atoms with van der Waals surface area (Å²) >= 11 is 0. The highest BCUT2D eigenvalue weighted by atomic mass is 32.2. The summed E-state index contributed by atoms with van der Waals surface area (Å²) in [6.07, 6.45) is 1.72. The monoisotopic (exact) mass is 445 g/mol. The van der Waals surface area contributed by atoms with E-state index in [0.29, 0.717) is 37.2 Å². The number of amides is 2. The normalized spacial score (nSPS) is 18.3. The molecular formula is C22H24FN3O4S. The van der Waals surface area contributed by atoms with Crippen LogP contribution in [0, 0.1) is 5.82 Å². The fourth-order valence-electron chi connectivity index (χ4n) is 4.06. The zero-order valence-corrected chi connectivity index (χ0v) is 17.9. The van der Waals surface area contributed by atoms with Crippen LogP contribution in [-0.4, -0.2) is 62.2 Å². The lowest BCUT2D eigenvalue weighted by Crippen LogP contribution is -2.38. The quantitative estimate of drug-likeness (QED) is 0.725. The molecule has 0 aromatic heterocycles. The lowest BCUT2D eigenvalue weighted by atomic mass is 10.1. The first kappa shape index (κ1) is 21.5. The van der Waals surface area contributed by atoms with E-state index in [2.05, 4.69) is 0 Å². The number of carbonyl (C=O) groups is 2. The summed E-state index contributed by atoms with van der Waals surface area (Å²) in [5.41, 5.74) is 1.06. The van der Waals surface area contributed by atoms with E-state index >= 15 is 0 Å². The first-order chi connectivity index (χ1) is 14.9. The molecule has 2 heterocycles. The molecule has 31 heavy (non-hydrogen) atoms. The summed E-state index contributed by atoms with van der Waals surface area (Å²) in [7, 11) is -3.77. The molecule has 0 N–H and O–H groups in total. The third kappa shape index (κ3) is 4.33. The smallest absolute Gasteiger partial charge is 0.256 e. The molecule has 0 saturated carbocycles. The van der Waals surface area contributed by atoms with Crippen LogP contribution in [-0.2, 0) is 14.8 Å². The minimum absolute atomic E-state index is 0.00711. The molecule has 0 unspecified atom stereocenters. The van der Waals surface area contributed by atoms with Crippen molar-refractivity contribution in [3.63, 3.8) is 0 Å². The van der Waals surface area contributed by atoms with Gasteiger partial charge in [0.2, 0.25) is 15.9 Å². The van der Waals surface area contributed by atoms with Crippen molar-refractivity contribution >= 4 is 27.5 Å². The average molecular weight is 446 g/mol. The molecule has 0 aliphatic carbocycles. The van der Waals surface area contributed by atoms with Crippen molar-refractivity contribution < 1.29 is 22.4 Å². The van der Waals surface area contributed by atoms with Crippen molar-refractivity contribution in [2.24, 2.45) is 0 Å². The van der Waals surface area contributed by atoms with Gasteiger partial charge >= 0.3 is 0 Å². The van der Waals surface area contributed by atoms with Gasteiger partial charge in [-0.1, -0.05) is 12.1 Å². The van der Waals surface area contributed by atoms with E-state index in [0.717, 1.165) is 18.6 Å². The molecule has 2 aliphatic heterocycles. The van der Waals surface area contributed by atoms with Crippen LogP contribution in [0.2, 0.25) is 0 Å². The van der Waals surface area contributed by atoms with Gasteiger partial charge in [-0.25, -0.2) is 12.8 Å². The maximum absolute atomic E-state index is 13.3. The van der Waals surface area contributed by atoms with Crippen molar-refractivity contribution in [1.29, 1.82) is 0 Å². The molecule has 0 bridgehead atoms. The van der Waals surface area contributed by atoms with Crippen LogP contribution in [0.3, 0.4) is 0 Å². The third-order valence-electron chi connectivity index (χ3n) is 5.69. The molecule has 0 spiro atoms. The number of sulfonamides is 1. The van der Waals surface area contributed by atoms with Crippen LogP contribution in [0.25, 0.3) is 0 Å². The molecule has 2 saturated heterocycles. The Hall–Kier alpha value is -2.78. The summed E-state index contributed by atoms with van der Waals surface area (Å²) in [5, 5.41) is 0.